The predicted molar refractivity (Wildman–Crippen MR) is 90.5 cm³/mol. The number of aliphatic carboxylic acids is 1. The minimum atomic E-state index is -3.47. The van der Waals surface area contributed by atoms with Crippen molar-refractivity contribution >= 4 is 33.2 Å². The van der Waals surface area contributed by atoms with Gasteiger partial charge in [0.05, 0.1) is 6.42 Å². The maximum atomic E-state index is 12.4. The standard InChI is InChI=1S/C15H22N2O5S2/c1-2-5-12(15(19)20)16-13(18)10-11-6-7-14(23-11)24(21,22)17-8-3-4-9-17/h6-7,12H,2-5,8-10H2,1H3,(H,16,18)(H,19,20). The van der Waals surface area contributed by atoms with Crippen molar-refractivity contribution in [2.24, 2.45) is 0 Å². The van der Waals surface area contributed by atoms with E-state index in [-0.39, 0.29) is 10.6 Å². The molecule has 9 heteroatoms. The molecule has 2 rings (SSSR count). The molecule has 0 radical (unpaired) electrons. The number of carbonyl (C=O) groups excluding carboxylic acids is 1. The first-order valence-electron chi connectivity index (χ1n) is 7.95. The van der Waals surface area contributed by atoms with Crippen molar-refractivity contribution in [3.05, 3.63) is 17.0 Å². The van der Waals surface area contributed by atoms with Crippen LogP contribution >= 0.6 is 11.3 Å². The zero-order valence-corrected chi connectivity index (χ0v) is 15.2. The molecule has 2 N–H and O–H groups in total. The van der Waals surface area contributed by atoms with Gasteiger partial charge in [0.1, 0.15) is 10.3 Å². The topological polar surface area (TPSA) is 104 Å². The summed E-state index contributed by atoms with van der Waals surface area (Å²) in [6.07, 6.45) is 2.73. The Balaban J connectivity index is 2.00. The Morgan fingerprint density at radius 1 is 1.33 bits per heavy atom. The van der Waals surface area contributed by atoms with Crippen LogP contribution in [0.4, 0.5) is 0 Å². The fourth-order valence-electron chi connectivity index (χ4n) is 2.60. The van der Waals surface area contributed by atoms with Gasteiger partial charge in [-0.3, -0.25) is 4.79 Å². The fourth-order valence-corrected chi connectivity index (χ4v) is 5.62. The second kappa shape index (κ2) is 8.09. The third kappa shape index (κ3) is 4.55. The van der Waals surface area contributed by atoms with E-state index in [9.17, 15) is 18.0 Å². The monoisotopic (exact) mass is 374 g/mol. The Bertz CT molecular complexity index is 692. The number of carboxylic acids is 1. The van der Waals surface area contributed by atoms with Gasteiger partial charge >= 0.3 is 5.97 Å². The van der Waals surface area contributed by atoms with Crippen LogP contribution in [-0.2, 0) is 26.0 Å². The molecule has 0 bridgehead atoms. The largest absolute Gasteiger partial charge is 0.480 e. The van der Waals surface area contributed by atoms with Crippen LogP contribution in [0.3, 0.4) is 0 Å². The Morgan fingerprint density at radius 2 is 2.00 bits per heavy atom. The second-order valence-electron chi connectivity index (χ2n) is 5.76. The smallest absolute Gasteiger partial charge is 0.326 e. The number of carbonyl (C=O) groups is 2. The van der Waals surface area contributed by atoms with Gasteiger partial charge in [-0.1, -0.05) is 13.3 Å². The van der Waals surface area contributed by atoms with Crippen molar-refractivity contribution in [3.8, 4) is 0 Å². The number of nitrogens with zero attached hydrogens (tertiary/aromatic N) is 1. The third-order valence-corrected chi connectivity index (χ3v) is 7.29. The molecule has 0 spiro atoms. The quantitative estimate of drug-likeness (QED) is 0.717. The Hall–Kier alpha value is -1.45. The summed E-state index contributed by atoms with van der Waals surface area (Å²) in [5, 5.41) is 11.5. The van der Waals surface area contributed by atoms with E-state index < -0.39 is 27.9 Å². The lowest BCUT2D eigenvalue weighted by atomic mass is 10.1. The molecule has 1 unspecified atom stereocenters. The molecular weight excluding hydrogens is 352 g/mol. The lowest BCUT2D eigenvalue weighted by Crippen LogP contribution is -2.41. The van der Waals surface area contributed by atoms with E-state index in [4.69, 9.17) is 5.11 Å². The first-order valence-corrected chi connectivity index (χ1v) is 10.2. The number of rotatable bonds is 8. The summed E-state index contributed by atoms with van der Waals surface area (Å²) in [5.41, 5.74) is 0. The Morgan fingerprint density at radius 3 is 2.58 bits per heavy atom. The predicted octanol–water partition coefficient (Wildman–Crippen LogP) is 1.44. The fraction of sp³-hybridized carbons (Fsp3) is 0.600. The minimum absolute atomic E-state index is 0.0202. The summed E-state index contributed by atoms with van der Waals surface area (Å²) in [7, 11) is -3.47. The molecule has 1 aliphatic rings. The molecule has 0 aliphatic carbocycles. The van der Waals surface area contributed by atoms with E-state index in [0.29, 0.717) is 30.8 Å². The van der Waals surface area contributed by atoms with Crippen molar-refractivity contribution < 1.29 is 23.1 Å². The number of amides is 1. The highest BCUT2D eigenvalue weighted by Crippen LogP contribution is 2.27. The van der Waals surface area contributed by atoms with Gasteiger partial charge in [0.25, 0.3) is 10.0 Å². The van der Waals surface area contributed by atoms with Gasteiger partial charge in [-0.05, 0) is 31.4 Å². The van der Waals surface area contributed by atoms with Crippen molar-refractivity contribution in [3.63, 3.8) is 0 Å². The van der Waals surface area contributed by atoms with E-state index in [1.54, 1.807) is 6.07 Å². The molecule has 1 amide bonds. The van der Waals surface area contributed by atoms with Crippen molar-refractivity contribution in [1.82, 2.24) is 9.62 Å². The number of nitrogens with one attached hydrogen (secondary N) is 1. The molecule has 1 aliphatic heterocycles. The van der Waals surface area contributed by atoms with Crippen LogP contribution in [0.1, 0.15) is 37.5 Å². The van der Waals surface area contributed by atoms with Gasteiger partial charge in [0, 0.05) is 18.0 Å². The average molecular weight is 374 g/mol. The van der Waals surface area contributed by atoms with Crippen molar-refractivity contribution in [2.45, 2.75) is 49.3 Å². The molecule has 1 aromatic heterocycles. The normalized spacial score (nSPS) is 16.9. The summed E-state index contributed by atoms with van der Waals surface area (Å²) in [6, 6.07) is 2.22. The maximum Gasteiger partial charge on any atom is 0.326 e. The van der Waals surface area contributed by atoms with Gasteiger partial charge in [-0.15, -0.1) is 11.3 Å². The maximum absolute atomic E-state index is 12.4. The van der Waals surface area contributed by atoms with E-state index in [1.807, 2.05) is 6.92 Å². The molecular formula is C15H22N2O5S2. The summed E-state index contributed by atoms with van der Waals surface area (Å²) in [6.45, 7) is 2.91. The number of hydrogen-bond donors (Lipinski definition) is 2. The van der Waals surface area contributed by atoms with Gasteiger partial charge in [-0.2, -0.15) is 4.31 Å². The van der Waals surface area contributed by atoms with Crippen LogP contribution in [-0.4, -0.2) is 48.8 Å². The van der Waals surface area contributed by atoms with Crippen LogP contribution in [0.15, 0.2) is 16.3 Å². The SMILES string of the molecule is CCCC(NC(=O)Cc1ccc(S(=O)(=O)N2CCCC2)s1)C(=O)O. The van der Waals surface area contributed by atoms with Crippen LogP contribution in [0.25, 0.3) is 0 Å². The summed E-state index contributed by atoms with van der Waals surface area (Å²) < 4.78 is 26.6. The Kier molecular flexibility index (Phi) is 6.36. The van der Waals surface area contributed by atoms with Crippen LogP contribution in [0.2, 0.25) is 0 Å². The van der Waals surface area contributed by atoms with E-state index in [1.165, 1.54) is 10.4 Å². The highest BCUT2D eigenvalue weighted by Gasteiger charge is 2.28. The molecule has 24 heavy (non-hydrogen) atoms. The highest BCUT2D eigenvalue weighted by molar-refractivity contribution is 7.91. The van der Waals surface area contributed by atoms with Gasteiger partial charge in [-0.25, -0.2) is 13.2 Å². The lowest BCUT2D eigenvalue weighted by Gasteiger charge is -2.13. The van der Waals surface area contributed by atoms with Gasteiger partial charge < -0.3 is 10.4 Å². The van der Waals surface area contributed by atoms with Crippen molar-refractivity contribution in [1.29, 1.82) is 0 Å². The summed E-state index contributed by atoms with van der Waals surface area (Å²) in [5.74, 6) is -1.48. The van der Waals surface area contributed by atoms with Crippen molar-refractivity contribution in [2.75, 3.05) is 13.1 Å². The van der Waals surface area contributed by atoms with Gasteiger partial charge in [0.15, 0.2) is 0 Å². The zero-order chi connectivity index (χ0) is 17.7. The number of thiophene rings is 1. The van der Waals surface area contributed by atoms with E-state index >= 15 is 0 Å². The molecule has 1 fully saturated rings. The first-order chi connectivity index (χ1) is 11.3. The summed E-state index contributed by atoms with van der Waals surface area (Å²) >= 11 is 1.07. The molecule has 1 aromatic rings. The molecule has 134 valence electrons. The lowest BCUT2D eigenvalue weighted by molar-refractivity contribution is -0.141. The average Bonchev–Trinajstić information content (AvgIpc) is 3.18. The van der Waals surface area contributed by atoms with E-state index in [2.05, 4.69) is 5.32 Å². The Labute approximate surface area is 145 Å². The number of hydrogen-bond acceptors (Lipinski definition) is 5. The van der Waals surface area contributed by atoms with E-state index in [0.717, 1.165) is 24.2 Å². The highest BCUT2D eigenvalue weighted by atomic mass is 32.2. The first kappa shape index (κ1) is 18.9. The molecule has 7 nitrogen and oxygen atoms in total. The molecule has 1 atom stereocenters. The second-order valence-corrected chi connectivity index (χ2v) is 9.09. The van der Waals surface area contributed by atoms with Crippen LogP contribution in [0.5, 0.6) is 0 Å². The van der Waals surface area contributed by atoms with Crippen LogP contribution < -0.4 is 5.32 Å². The zero-order valence-electron chi connectivity index (χ0n) is 13.5. The molecule has 0 aromatic carbocycles. The molecule has 1 saturated heterocycles. The molecule has 0 saturated carbocycles. The summed E-state index contributed by atoms with van der Waals surface area (Å²) in [4.78, 5) is 23.7. The van der Waals surface area contributed by atoms with Crippen LogP contribution in [0, 0.1) is 0 Å². The number of carboxylic acid groups (broad SMARTS) is 1. The third-order valence-electron chi connectivity index (χ3n) is 3.84. The van der Waals surface area contributed by atoms with Gasteiger partial charge in [0.2, 0.25) is 5.91 Å². The minimum Gasteiger partial charge on any atom is -0.480 e. The molecule has 2 heterocycles. The number of sulfonamides is 1.